The van der Waals surface area contributed by atoms with E-state index in [0.29, 0.717) is 19.8 Å². The average Bonchev–Trinajstić information content (AvgIpc) is 2.59. The van der Waals surface area contributed by atoms with Crippen molar-refractivity contribution < 1.29 is 26.6 Å². The Morgan fingerprint density at radius 3 is 1.17 bits per heavy atom. The van der Waals surface area contributed by atoms with Gasteiger partial charge in [-0.3, -0.25) is 0 Å². The van der Waals surface area contributed by atoms with E-state index in [2.05, 4.69) is 0 Å². The topological polar surface area (TPSA) is 55.4 Å². The van der Waals surface area contributed by atoms with Gasteiger partial charge in [0.25, 0.3) is 0 Å². The van der Waals surface area contributed by atoms with E-state index >= 15 is 0 Å². The second-order valence-corrected chi connectivity index (χ2v) is 11.4. The predicted molar refractivity (Wildman–Crippen MR) is 100 cm³/mol. The van der Waals surface area contributed by atoms with Crippen molar-refractivity contribution in [2.75, 3.05) is 41.2 Å². The summed E-state index contributed by atoms with van der Waals surface area (Å²) in [7, 11) is 0.130. The fourth-order valence-electron chi connectivity index (χ4n) is 2.77. The summed E-state index contributed by atoms with van der Waals surface area (Å²) in [4.78, 5) is 0. The van der Waals surface area contributed by atoms with Gasteiger partial charge in [-0.15, -0.1) is 0 Å². The Labute approximate surface area is 150 Å². The Morgan fingerprint density at radius 2 is 0.833 bits per heavy atom. The minimum Gasteiger partial charge on any atom is -0.377 e. The summed E-state index contributed by atoms with van der Waals surface area (Å²) < 4.78 is 34.0. The van der Waals surface area contributed by atoms with E-state index < -0.39 is 17.6 Å². The molecule has 0 fully saturated rings. The molecule has 0 heterocycles. The smallest absolute Gasteiger partial charge is 0.377 e. The molecule has 6 nitrogen and oxygen atoms in total. The summed E-state index contributed by atoms with van der Waals surface area (Å²) in [5.74, 6) is 0. The highest BCUT2D eigenvalue weighted by Gasteiger charge is 2.39. The molecule has 0 saturated heterocycles. The van der Waals surface area contributed by atoms with Gasteiger partial charge in [0.05, 0.1) is 0 Å². The summed E-state index contributed by atoms with van der Waals surface area (Å²) in [6.45, 7) is 7.92. The molecule has 0 rings (SSSR count). The van der Waals surface area contributed by atoms with Crippen LogP contribution in [-0.2, 0) is 26.6 Å². The Bertz CT molecular complexity index is 264. The van der Waals surface area contributed by atoms with Crippen LogP contribution in [0.4, 0.5) is 0 Å². The molecule has 0 aliphatic rings. The van der Waals surface area contributed by atoms with Crippen LogP contribution in [0.1, 0.15) is 52.9 Å². The molecule has 0 N–H and O–H groups in total. The van der Waals surface area contributed by atoms with Gasteiger partial charge in [-0.25, -0.2) is 0 Å². The van der Waals surface area contributed by atoms with Gasteiger partial charge in [0.15, 0.2) is 0 Å². The van der Waals surface area contributed by atoms with Crippen LogP contribution in [0.5, 0.6) is 0 Å². The molecule has 0 aromatic heterocycles. The molecule has 0 aromatic rings. The summed E-state index contributed by atoms with van der Waals surface area (Å²) in [6, 6.07) is 1.77. The molecule has 0 bridgehead atoms. The van der Waals surface area contributed by atoms with Crippen LogP contribution >= 0.6 is 0 Å². The maximum Gasteiger partial charge on any atom is 0.500 e. The predicted octanol–water partition coefficient (Wildman–Crippen LogP) is 3.86. The third-order valence-electron chi connectivity index (χ3n) is 3.99. The number of rotatable bonds is 17. The second-order valence-electron chi connectivity index (χ2n) is 5.55. The molecule has 0 radical (unpaired) electrons. The van der Waals surface area contributed by atoms with Crippen LogP contribution in [0.25, 0.3) is 0 Å². The normalized spacial score (nSPS) is 12.8. The summed E-state index contributed by atoms with van der Waals surface area (Å²) in [5, 5.41) is 0. The Balaban J connectivity index is 4.04. The largest absolute Gasteiger partial charge is 0.500 e. The van der Waals surface area contributed by atoms with Crippen molar-refractivity contribution in [2.24, 2.45) is 0 Å². The van der Waals surface area contributed by atoms with Gasteiger partial charge >= 0.3 is 17.6 Å². The number of hydrogen-bond donors (Lipinski definition) is 0. The minimum atomic E-state index is -2.46. The van der Waals surface area contributed by atoms with Crippen molar-refractivity contribution in [2.45, 2.75) is 65.0 Å². The Hall–Kier alpha value is 0.194. The zero-order valence-corrected chi connectivity index (χ0v) is 18.5. The highest BCUT2D eigenvalue weighted by molar-refractivity contribution is 6.61. The molecule has 0 aliphatic carbocycles. The summed E-state index contributed by atoms with van der Waals surface area (Å²) in [6.07, 6.45) is 5.62. The lowest BCUT2D eigenvalue weighted by molar-refractivity contribution is 0.0706. The van der Waals surface area contributed by atoms with Crippen LogP contribution in [0, 0.1) is 0 Å². The molecule has 0 unspecified atom stereocenters. The lowest BCUT2D eigenvalue weighted by Crippen LogP contribution is -2.45. The van der Waals surface area contributed by atoms with E-state index in [1.54, 1.807) is 21.3 Å². The van der Waals surface area contributed by atoms with Gasteiger partial charge in [0, 0.05) is 53.2 Å². The highest BCUT2D eigenvalue weighted by Crippen LogP contribution is 2.22. The maximum atomic E-state index is 5.88. The van der Waals surface area contributed by atoms with Gasteiger partial charge in [0.1, 0.15) is 0 Å². The SMILES string of the molecule is CCO[Si](CCCCCCC[Si](OC)(OC)OC)(OCC)OCC. The van der Waals surface area contributed by atoms with Crippen molar-refractivity contribution in [3.63, 3.8) is 0 Å². The first-order valence-corrected chi connectivity index (χ1v) is 13.0. The molecule has 0 spiro atoms. The molecule has 0 amide bonds. The number of unbranched alkanes of at least 4 members (excludes halogenated alkanes) is 4. The zero-order chi connectivity index (χ0) is 18.3. The van der Waals surface area contributed by atoms with Crippen LogP contribution in [0.2, 0.25) is 12.1 Å². The molecule has 0 atom stereocenters. The first-order valence-electron chi connectivity index (χ1n) is 9.14. The molecule has 8 heteroatoms. The molecular formula is C16H38O6Si2. The fourth-order valence-corrected chi connectivity index (χ4v) is 7.25. The lowest BCUT2D eigenvalue weighted by atomic mass is 10.2. The van der Waals surface area contributed by atoms with E-state index in [1.807, 2.05) is 20.8 Å². The van der Waals surface area contributed by atoms with E-state index in [9.17, 15) is 0 Å². The third kappa shape index (κ3) is 9.05. The van der Waals surface area contributed by atoms with Gasteiger partial charge in [-0.2, -0.15) is 0 Å². The monoisotopic (exact) mass is 382 g/mol. The van der Waals surface area contributed by atoms with Crippen molar-refractivity contribution in [1.29, 1.82) is 0 Å². The molecule has 0 aromatic carbocycles. The first-order chi connectivity index (χ1) is 11.6. The van der Waals surface area contributed by atoms with Crippen molar-refractivity contribution in [1.82, 2.24) is 0 Å². The quantitative estimate of drug-likeness (QED) is 0.281. The van der Waals surface area contributed by atoms with Crippen LogP contribution in [-0.4, -0.2) is 58.8 Å². The van der Waals surface area contributed by atoms with Crippen molar-refractivity contribution in [3.8, 4) is 0 Å². The van der Waals surface area contributed by atoms with Crippen LogP contribution in [0.15, 0.2) is 0 Å². The number of hydrogen-bond acceptors (Lipinski definition) is 6. The zero-order valence-electron chi connectivity index (χ0n) is 16.5. The van der Waals surface area contributed by atoms with E-state index in [4.69, 9.17) is 26.6 Å². The third-order valence-corrected chi connectivity index (χ3v) is 9.98. The van der Waals surface area contributed by atoms with Gasteiger partial charge in [-0.1, -0.05) is 19.3 Å². The van der Waals surface area contributed by atoms with Gasteiger partial charge in [-0.05, 0) is 33.6 Å². The van der Waals surface area contributed by atoms with Gasteiger partial charge in [0.2, 0.25) is 0 Å². The van der Waals surface area contributed by atoms with E-state index in [-0.39, 0.29) is 0 Å². The Morgan fingerprint density at radius 1 is 0.500 bits per heavy atom. The molecule has 0 saturated carbocycles. The Kier molecular flexibility index (Phi) is 14.5. The maximum absolute atomic E-state index is 5.88. The average molecular weight is 383 g/mol. The lowest BCUT2D eigenvalue weighted by Gasteiger charge is -2.28. The van der Waals surface area contributed by atoms with E-state index in [1.165, 1.54) is 6.42 Å². The van der Waals surface area contributed by atoms with Crippen LogP contribution in [0.3, 0.4) is 0 Å². The summed E-state index contributed by atoms with van der Waals surface area (Å²) >= 11 is 0. The summed E-state index contributed by atoms with van der Waals surface area (Å²) in [5.41, 5.74) is 0. The highest BCUT2D eigenvalue weighted by atomic mass is 28.4. The van der Waals surface area contributed by atoms with Crippen molar-refractivity contribution >= 4 is 17.6 Å². The molecular weight excluding hydrogens is 344 g/mol. The minimum absolute atomic E-state index is 0.643. The van der Waals surface area contributed by atoms with Crippen molar-refractivity contribution in [3.05, 3.63) is 0 Å². The fraction of sp³-hybridized carbons (Fsp3) is 1.00. The first kappa shape index (κ1) is 24.2. The van der Waals surface area contributed by atoms with Crippen LogP contribution < -0.4 is 0 Å². The second kappa shape index (κ2) is 14.4. The molecule has 0 aliphatic heterocycles. The molecule has 24 heavy (non-hydrogen) atoms. The van der Waals surface area contributed by atoms with E-state index in [0.717, 1.165) is 37.8 Å². The molecule has 146 valence electrons. The standard InChI is InChI=1S/C16H38O6Si2/c1-7-20-24(21-8-2,22-9-3)16-14-12-10-11-13-15-23(17-4,18-5)19-6/h7-16H2,1-6H3. The van der Waals surface area contributed by atoms with Gasteiger partial charge < -0.3 is 26.6 Å².